The molecule has 1 rings (SSSR count). The molecular formula is C10H12O3. The van der Waals surface area contributed by atoms with Crippen LogP contribution in [0.15, 0.2) is 30.3 Å². The minimum absolute atomic E-state index is 0.281. The monoisotopic (exact) mass is 180 g/mol. The maximum absolute atomic E-state index is 10.4. The maximum atomic E-state index is 10.4. The van der Waals surface area contributed by atoms with Gasteiger partial charge in [-0.15, -0.1) is 0 Å². The first-order valence-electron chi connectivity index (χ1n) is 4.02. The lowest BCUT2D eigenvalue weighted by molar-refractivity contribution is -0.142. The second kappa shape index (κ2) is 3.58. The first-order chi connectivity index (χ1) is 6.02. The second-order valence-electron chi connectivity index (χ2n) is 3.21. The third kappa shape index (κ3) is 2.56. The minimum Gasteiger partial charge on any atom is -0.481 e. The number of carboxylic acid groups (broad SMARTS) is 1. The Kier molecular flexibility index (Phi) is 2.68. The van der Waals surface area contributed by atoms with Crippen molar-refractivity contribution in [2.24, 2.45) is 0 Å². The van der Waals surface area contributed by atoms with Crippen molar-refractivity contribution in [3.8, 4) is 0 Å². The number of hydrogen-bond donors (Lipinski definition) is 2. The molecule has 2 N–H and O–H groups in total. The predicted molar refractivity (Wildman–Crippen MR) is 48.3 cm³/mol. The average molecular weight is 180 g/mol. The largest absolute Gasteiger partial charge is 0.481 e. The number of rotatable bonds is 3. The summed E-state index contributed by atoms with van der Waals surface area (Å²) in [6.07, 6.45) is -0.281. The molecule has 0 saturated heterocycles. The van der Waals surface area contributed by atoms with Gasteiger partial charge in [0.15, 0.2) is 0 Å². The van der Waals surface area contributed by atoms with Gasteiger partial charge in [0.05, 0.1) is 12.0 Å². The van der Waals surface area contributed by atoms with E-state index in [2.05, 4.69) is 0 Å². The van der Waals surface area contributed by atoms with E-state index in [0.29, 0.717) is 5.56 Å². The smallest absolute Gasteiger partial charge is 0.306 e. The average Bonchev–Trinajstić information content (AvgIpc) is 2.04. The van der Waals surface area contributed by atoms with Crippen molar-refractivity contribution >= 4 is 5.97 Å². The summed E-state index contributed by atoms with van der Waals surface area (Å²) < 4.78 is 0. The fourth-order valence-electron chi connectivity index (χ4n) is 1.19. The summed E-state index contributed by atoms with van der Waals surface area (Å²) in [5.41, 5.74) is -0.662. The van der Waals surface area contributed by atoms with Gasteiger partial charge in [-0.05, 0) is 12.5 Å². The fourth-order valence-corrected chi connectivity index (χ4v) is 1.19. The highest BCUT2D eigenvalue weighted by atomic mass is 16.4. The molecule has 0 saturated carbocycles. The third-order valence-electron chi connectivity index (χ3n) is 1.89. The summed E-state index contributed by atoms with van der Waals surface area (Å²) in [6.45, 7) is 1.50. The zero-order valence-electron chi connectivity index (χ0n) is 7.40. The van der Waals surface area contributed by atoms with Crippen molar-refractivity contribution in [3.63, 3.8) is 0 Å². The van der Waals surface area contributed by atoms with E-state index in [4.69, 9.17) is 5.11 Å². The van der Waals surface area contributed by atoms with Crippen LogP contribution in [0.25, 0.3) is 0 Å². The molecular weight excluding hydrogens is 168 g/mol. The van der Waals surface area contributed by atoms with Gasteiger partial charge in [0.2, 0.25) is 0 Å². The van der Waals surface area contributed by atoms with Crippen LogP contribution in [0.4, 0.5) is 0 Å². The molecule has 0 bridgehead atoms. The maximum Gasteiger partial charge on any atom is 0.306 e. The van der Waals surface area contributed by atoms with Crippen molar-refractivity contribution in [1.82, 2.24) is 0 Å². The van der Waals surface area contributed by atoms with Gasteiger partial charge >= 0.3 is 5.97 Å². The van der Waals surface area contributed by atoms with Crippen molar-refractivity contribution < 1.29 is 15.0 Å². The Morgan fingerprint density at radius 2 is 1.92 bits per heavy atom. The topological polar surface area (TPSA) is 57.5 Å². The number of carboxylic acids is 1. The van der Waals surface area contributed by atoms with Crippen LogP contribution in [0.3, 0.4) is 0 Å². The molecule has 0 radical (unpaired) electrons. The van der Waals surface area contributed by atoms with Crippen molar-refractivity contribution in [1.29, 1.82) is 0 Å². The normalized spacial score (nSPS) is 14.9. The number of aliphatic carboxylic acids is 1. The van der Waals surface area contributed by atoms with E-state index in [9.17, 15) is 9.90 Å². The van der Waals surface area contributed by atoms with Gasteiger partial charge in [0, 0.05) is 0 Å². The Balaban J connectivity index is 2.87. The molecule has 0 heterocycles. The number of hydrogen-bond acceptors (Lipinski definition) is 2. The van der Waals surface area contributed by atoms with Crippen LogP contribution in [-0.4, -0.2) is 16.2 Å². The van der Waals surface area contributed by atoms with Gasteiger partial charge < -0.3 is 10.2 Å². The van der Waals surface area contributed by atoms with E-state index < -0.39 is 11.6 Å². The van der Waals surface area contributed by atoms with Crippen LogP contribution in [0.5, 0.6) is 0 Å². The summed E-state index contributed by atoms with van der Waals surface area (Å²) in [4.78, 5) is 10.4. The van der Waals surface area contributed by atoms with Crippen LogP contribution >= 0.6 is 0 Å². The third-order valence-corrected chi connectivity index (χ3v) is 1.89. The van der Waals surface area contributed by atoms with E-state index in [-0.39, 0.29) is 6.42 Å². The van der Waals surface area contributed by atoms with E-state index in [1.54, 1.807) is 24.3 Å². The molecule has 3 nitrogen and oxygen atoms in total. The summed E-state index contributed by atoms with van der Waals surface area (Å²) in [5, 5.41) is 18.3. The van der Waals surface area contributed by atoms with Crippen LogP contribution in [0.1, 0.15) is 18.9 Å². The molecule has 13 heavy (non-hydrogen) atoms. The summed E-state index contributed by atoms with van der Waals surface area (Å²) >= 11 is 0. The van der Waals surface area contributed by atoms with Gasteiger partial charge in [-0.1, -0.05) is 30.3 Å². The fraction of sp³-hybridized carbons (Fsp3) is 0.300. The second-order valence-corrected chi connectivity index (χ2v) is 3.21. The number of carbonyl (C=O) groups is 1. The highest BCUT2D eigenvalue weighted by molar-refractivity contribution is 5.68. The highest BCUT2D eigenvalue weighted by Crippen LogP contribution is 2.23. The molecule has 1 unspecified atom stereocenters. The van der Waals surface area contributed by atoms with E-state index in [0.717, 1.165) is 0 Å². The van der Waals surface area contributed by atoms with E-state index in [1.165, 1.54) is 6.92 Å². The van der Waals surface area contributed by atoms with Crippen LogP contribution in [0.2, 0.25) is 0 Å². The van der Waals surface area contributed by atoms with Crippen molar-refractivity contribution in [2.45, 2.75) is 18.9 Å². The van der Waals surface area contributed by atoms with Crippen LogP contribution in [0, 0.1) is 0 Å². The Bertz CT molecular complexity index is 290. The molecule has 1 aromatic rings. The molecule has 0 aliphatic rings. The zero-order valence-corrected chi connectivity index (χ0v) is 7.40. The summed E-state index contributed by atoms with van der Waals surface area (Å²) in [5.74, 6) is -1.01. The molecule has 1 aromatic carbocycles. The van der Waals surface area contributed by atoms with Crippen molar-refractivity contribution in [3.05, 3.63) is 35.9 Å². The lowest BCUT2D eigenvalue weighted by Crippen LogP contribution is -2.24. The van der Waals surface area contributed by atoms with Crippen molar-refractivity contribution in [2.75, 3.05) is 0 Å². The molecule has 0 aliphatic carbocycles. The summed E-state index contributed by atoms with van der Waals surface area (Å²) in [7, 11) is 0. The SMILES string of the molecule is CC(O)(CC(=O)O)c1ccccc1. The van der Waals surface area contributed by atoms with Gasteiger partial charge in [0.25, 0.3) is 0 Å². The van der Waals surface area contributed by atoms with Gasteiger partial charge in [0.1, 0.15) is 0 Å². The Morgan fingerprint density at radius 3 is 2.38 bits per heavy atom. The van der Waals surface area contributed by atoms with E-state index >= 15 is 0 Å². The first kappa shape index (κ1) is 9.74. The molecule has 3 heteroatoms. The Labute approximate surface area is 76.6 Å². The molecule has 70 valence electrons. The minimum atomic E-state index is -1.28. The van der Waals surface area contributed by atoms with Gasteiger partial charge in [-0.2, -0.15) is 0 Å². The number of benzene rings is 1. The molecule has 0 amide bonds. The first-order valence-corrected chi connectivity index (χ1v) is 4.02. The lowest BCUT2D eigenvalue weighted by atomic mass is 9.93. The predicted octanol–water partition coefficient (Wildman–Crippen LogP) is 1.37. The zero-order chi connectivity index (χ0) is 9.90. The molecule has 0 fully saturated rings. The van der Waals surface area contributed by atoms with Crippen LogP contribution < -0.4 is 0 Å². The number of aliphatic hydroxyl groups is 1. The van der Waals surface area contributed by atoms with Gasteiger partial charge in [-0.3, -0.25) is 4.79 Å². The molecule has 1 atom stereocenters. The Morgan fingerprint density at radius 1 is 1.38 bits per heavy atom. The standard InChI is InChI=1S/C10H12O3/c1-10(13,7-9(11)12)8-5-3-2-4-6-8/h2-6,13H,7H2,1H3,(H,11,12). The van der Waals surface area contributed by atoms with Gasteiger partial charge in [-0.25, -0.2) is 0 Å². The van der Waals surface area contributed by atoms with E-state index in [1.807, 2.05) is 6.07 Å². The molecule has 0 spiro atoms. The Hall–Kier alpha value is -1.35. The molecule has 0 aliphatic heterocycles. The highest BCUT2D eigenvalue weighted by Gasteiger charge is 2.25. The summed E-state index contributed by atoms with van der Waals surface area (Å²) in [6, 6.07) is 8.78. The quantitative estimate of drug-likeness (QED) is 0.738. The van der Waals surface area contributed by atoms with Crippen LogP contribution in [-0.2, 0) is 10.4 Å². The molecule has 0 aromatic heterocycles. The lowest BCUT2D eigenvalue weighted by Gasteiger charge is -2.21.